The summed E-state index contributed by atoms with van der Waals surface area (Å²) in [5.41, 5.74) is 5.37. The highest BCUT2D eigenvalue weighted by Gasteiger charge is 2.21. The zero-order chi connectivity index (χ0) is 16.0. The van der Waals surface area contributed by atoms with E-state index in [1.54, 1.807) is 0 Å². The maximum atomic E-state index is 14.0. The number of benzene rings is 1. The molecule has 1 aromatic rings. The molecule has 1 aromatic carbocycles. The standard InChI is InChI=1S/C11H14BrF3N2O3S/c12-8-3-7(5-16)11(15)9(4-8)21(18,19)17-1-2-20-6-10(13)14/h3-4,10,17H,1-2,5-6,16H2. The van der Waals surface area contributed by atoms with E-state index in [-0.39, 0.29) is 25.3 Å². The lowest BCUT2D eigenvalue weighted by Gasteiger charge is -2.11. The molecule has 0 aliphatic carbocycles. The number of rotatable bonds is 8. The normalized spacial score (nSPS) is 12.1. The van der Waals surface area contributed by atoms with Crippen LogP contribution in [0.4, 0.5) is 13.2 Å². The molecule has 10 heteroatoms. The van der Waals surface area contributed by atoms with Crippen LogP contribution >= 0.6 is 15.9 Å². The van der Waals surface area contributed by atoms with Crippen molar-refractivity contribution < 1.29 is 26.3 Å². The van der Waals surface area contributed by atoms with E-state index in [9.17, 15) is 21.6 Å². The summed E-state index contributed by atoms with van der Waals surface area (Å²) in [5.74, 6) is -0.943. The van der Waals surface area contributed by atoms with Gasteiger partial charge >= 0.3 is 0 Å². The van der Waals surface area contributed by atoms with Crippen molar-refractivity contribution in [3.8, 4) is 0 Å². The molecular formula is C11H14BrF3N2O3S. The number of halogens is 4. The first kappa shape index (κ1) is 18.4. The molecule has 0 heterocycles. The van der Waals surface area contributed by atoms with E-state index in [1.165, 1.54) is 6.07 Å². The highest BCUT2D eigenvalue weighted by Crippen LogP contribution is 2.23. The fourth-order valence-corrected chi connectivity index (χ4v) is 3.27. The van der Waals surface area contributed by atoms with Crippen molar-refractivity contribution in [1.82, 2.24) is 4.72 Å². The molecule has 0 aromatic heterocycles. The molecular weight excluding hydrogens is 377 g/mol. The topological polar surface area (TPSA) is 81.4 Å². The minimum absolute atomic E-state index is 0.0405. The van der Waals surface area contributed by atoms with Gasteiger partial charge in [-0.25, -0.2) is 26.3 Å². The maximum absolute atomic E-state index is 14.0. The van der Waals surface area contributed by atoms with Gasteiger partial charge < -0.3 is 10.5 Å². The summed E-state index contributed by atoms with van der Waals surface area (Å²) in [7, 11) is -4.12. The van der Waals surface area contributed by atoms with Gasteiger partial charge in [0.1, 0.15) is 17.3 Å². The molecule has 3 N–H and O–H groups in total. The predicted molar refractivity (Wildman–Crippen MR) is 74.0 cm³/mol. The Bertz CT molecular complexity index is 584. The van der Waals surface area contributed by atoms with Gasteiger partial charge in [0.2, 0.25) is 10.0 Å². The fraction of sp³-hybridized carbons (Fsp3) is 0.455. The van der Waals surface area contributed by atoms with Gasteiger partial charge in [0.05, 0.1) is 6.61 Å². The summed E-state index contributed by atoms with van der Waals surface area (Å²) in [6.07, 6.45) is -2.63. The predicted octanol–water partition coefficient (Wildman–Crippen LogP) is 1.61. The quantitative estimate of drug-likeness (QED) is 0.660. The second-order valence-electron chi connectivity index (χ2n) is 3.94. The van der Waals surface area contributed by atoms with Crippen molar-refractivity contribution in [2.45, 2.75) is 17.9 Å². The summed E-state index contributed by atoms with van der Waals surface area (Å²) < 4.78 is 68.5. The SMILES string of the molecule is NCc1cc(Br)cc(S(=O)(=O)NCCOCC(F)F)c1F. The number of nitrogens with two attached hydrogens (primary N) is 1. The number of nitrogens with one attached hydrogen (secondary N) is 1. The van der Waals surface area contributed by atoms with Crippen LogP contribution in [-0.2, 0) is 21.3 Å². The van der Waals surface area contributed by atoms with E-state index in [4.69, 9.17) is 5.73 Å². The van der Waals surface area contributed by atoms with Crippen molar-refractivity contribution in [2.24, 2.45) is 5.73 Å². The van der Waals surface area contributed by atoms with Crippen LogP contribution in [0.2, 0.25) is 0 Å². The molecule has 120 valence electrons. The van der Waals surface area contributed by atoms with E-state index in [0.717, 1.165) is 6.07 Å². The second kappa shape index (κ2) is 8.08. The summed E-state index contributed by atoms with van der Waals surface area (Å²) in [6, 6.07) is 2.47. The van der Waals surface area contributed by atoms with Gasteiger partial charge in [-0.15, -0.1) is 0 Å². The first-order valence-electron chi connectivity index (χ1n) is 5.81. The first-order chi connectivity index (χ1) is 9.77. The van der Waals surface area contributed by atoms with Gasteiger partial charge in [-0.2, -0.15) is 0 Å². The molecule has 0 fully saturated rings. The lowest BCUT2D eigenvalue weighted by atomic mass is 10.2. The Labute approximate surface area is 128 Å². The number of alkyl halides is 2. The lowest BCUT2D eigenvalue weighted by molar-refractivity contribution is 0.0199. The largest absolute Gasteiger partial charge is 0.374 e. The highest BCUT2D eigenvalue weighted by atomic mass is 79.9. The number of sulfonamides is 1. The molecule has 1 rings (SSSR count). The molecule has 0 bridgehead atoms. The van der Waals surface area contributed by atoms with Gasteiger partial charge in [-0.3, -0.25) is 0 Å². The Morgan fingerprint density at radius 3 is 2.62 bits per heavy atom. The zero-order valence-corrected chi connectivity index (χ0v) is 13.2. The minimum atomic E-state index is -4.12. The van der Waals surface area contributed by atoms with Crippen LogP contribution in [-0.4, -0.2) is 34.6 Å². The summed E-state index contributed by atoms with van der Waals surface area (Å²) >= 11 is 3.07. The summed E-state index contributed by atoms with van der Waals surface area (Å²) in [6.45, 7) is -1.45. The zero-order valence-electron chi connectivity index (χ0n) is 10.8. The average Bonchev–Trinajstić information content (AvgIpc) is 2.40. The van der Waals surface area contributed by atoms with E-state index >= 15 is 0 Å². The number of hydrogen-bond donors (Lipinski definition) is 2. The van der Waals surface area contributed by atoms with Crippen molar-refractivity contribution in [1.29, 1.82) is 0 Å². The van der Waals surface area contributed by atoms with Crippen LogP contribution in [0.15, 0.2) is 21.5 Å². The van der Waals surface area contributed by atoms with Crippen molar-refractivity contribution in [2.75, 3.05) is 19.8 Å². The number of ether oxygens (including phenoxy) is 1. The Morgan fingerprint density at radius 1 is 1.38 bits per heavy atom. The van der Waals surface area contributed by atoms with E-state index < -0.39 is 33.8 Å². The van der Waals surface area contributed by atoms with Gasteiger partial charge in [-0.05, 0) is 12.1 Å². The third-order valence-electron chi connectivity index (χ3n) is 2.37. The monoisotopic (exact) mass is 390 g/mol. The van der Waals surface area contributed by atoms with Crippen LogP contribution in [0.5, 0.6) is 0 Å². The summed E-state index contributed by atoms with van der Waals surface area (Å²) in [5, 5.41) is 0. The molecule has 0 aliphatic rings. The van der Waals surface area contributed by atoms with Crippen LogP contribution in [0.25, 0.3) is 0 Å². The molecule has 0 atom stereocenters. The third-order valence-corrected chi connectivity index (χ3v) is 4.29. The van der Waals surface area contributed by atoms with Crippen molar-refractivity contribution in [3.63, 3.8) is 0 Å². The van der Waals surface area contributed by atoms with Crippen molar-refractivity contribution in [3.05, 3.63) is 28.0 Å². The molecule has 0 saturated heterocycles. The van der Waals surface area contributed by atoms with Gasteiger partial charge in [-0.1, -0.05) is 15.9 Å². The van der Waals surface area contributed by atoms with E-state index in [0.29, 0.717) is 4.47 Å². The van der Waals surface area contributed by atoms with Crippen LogP contribution in [0.1, 0.15) is 5.56 Å². The molecule has 0 saturated carbocycles. The molecule has 0 aliphatic heterocycles. The molecule has 21 heavy (non-hydrogen) atoms. The van der Waals surface area contributed by atoms with E-state index in [2.05, 4.69) is 25.4 Å². The molecule has 0 unspecified atom stereocenters. The van der Waals surface area contributed by atoms with Crippen LogP contribution in [0, 0.1) is 5.82 Å². The molecule has 0 spiro atoms. The third kappa shape index (κ3) is 5.55. The van der Waals surface area contributed by atoms with Gasteiger partial charge in [0.15, 0.2) is 0 Å². The smallest absolute Gasteiger partial charge is 0.261 e. The Morgan fingerprint density at radius 2 is 2.05 bits per heavy atom. The number of hydrogen-bond acceptors (Lipinski definition) is 4. The highest BCUT2D eigenvalue weighted by molar-refractivity contribution is 9.10. The molecule has 5 nitrogen and oxygen atoms in total. The average molecular weight is 391 g/mol. The Balaban J connectivity index is 2.77. The minimum Gasteiger partial charge on any atom is -0.374 e. The van der Waals surface area contributed by atoms with E-state index in [1.807, 2.05) is 0 Å². The molecule has 0 amide bonds. The fourth-order valence-electron chi connectivity index (χ4n) is 1.46. The first-order valence-corrected chi connectivity index (χ1v) is 8.09. The molecule has 0 radical (unpaired) electrons. The Hall–Kier alpha value is -0.680. The Kier molecular flexibility index (Phi) is 7.07. The van der Waals surface area contributed by atoms with Crippen LogP contribution < -0.4 is 10.5 Å². The van der Waals surface area contributed by atoms with Gasteiger partial charge in [0.25, 0.3) is 6.43 Å². The van der Waals surface area contributed by atoms with Crippen LogP contribution in [0.3, 0.4) is 0 Å². The van der Waals surface area contributed by atoms with Gasteiger partial charge in [0, 0.05) is 23.1 Å². The maximum Gasteiger partial charge on any atom is 0.261 e. The lowest BCUT2D eigenvalue weighted by Crippen LogP contribution is -2.29. The van der Waals surface area contributed by atoms with Crippen molar-refractivity contribution >= 4 is 26.0 Å². The summed E-state index contributed by atoms with van der Waals surface area (Å²) in [4.78, 5) is -0.564. The second-order valence-corrected chi connectivity index (χ2v) is 6.60.